The lowest BCUT2D eigenvalue weighted by Crippen LogP contribution is -2.39. The van der Waals surface area contributed by atoms with Gasteiger partial charge in [0.15, 0.2) is 5.82 Å². The number of piperidine rings is 2. The molecule has 122 valence electrons. The highest BCUT2D eigenvalue weighted by Gasteiger charge is 2.28. The number of nitrogens with one attached hydrogen (secondary N) is 1. The van der Waals surface area contributed by atoms with Gasteiger partial charge < -0.3 is 10.2 Å². The lowest BCUT2D eigenvalue weighted by molar-refractivity contribution is 0.221. The second-order valence-corrected chi connectivity index (χ2v) is 6.60. The summed E-state index contributed by atoms with van der Waals surface area (Å²) in [6, 6.07) is 3.95. The number of aromatic nitrogens is 4. The molecule has 0 bridgehead atoms. The SMILES string of the molecule is c1cnn(-c2cc(N3CCC(C4CCNCC4)CC3)ncn2)c1. The van der Waals surface area contributed by atoms with Gasteiger partial charge in [-0.05, 0) is 56.7 Å². The molecule has 0 atom stereocenters. The van der Waals surface area contributed by atoms with Crippen molar-refractivity contribution in [3.8, 4) is 5.82 Å². The van der Waals surface area contributed by atoms with E-state index in [-0.39, 0.29) is 0 Å². The molecule has 0 unspecified atom stereocenters. The van der Waals surface area contributed by atoms with Crippen molar-refractivity contribution < 1.29 is 0 Å². The van der Waals surface area contributed by atoms with E-state index in [0.717, 1.165) is 36.6 Å². The minimum atomic E-state index is 0.834. The first kappa shape index (κ1) is 14.6. The zero-order chi connectivity index (χ0) is 15.5. The molecule has 4 rings (SSSR count). The Balaban J connectivity index is 1.41. The average Bonchev–Trinajstić information content (AvgIpc) is 3.18. The summed E-state index contributed by atoms with van der Waals surface area (Å²) in [5, 5.41) is 7.72. The summed E-state index contributed by atoms with van der Waals surface area (Å²) in [6.07, 6.45) is 10.6. The van der Waals surface area contributed by atoms with Crippen LogP contribution in [0.2, 0.25) is 0 Å². The highest BCUT2D eigenvalue weighted by atomic mass is 15.3. The van der Waals surface area contributed by atoms with Gasteiger partial charge in [0, 0.05) is 31.5 Å². The van der Waals surface area contributed by atoms with Crippen LogP contribution in [-0.2, 0) is 0 Å². The first-order chi connectivity index (χ1) is 11.4. The van der Waals surface area contributed by atoms with Gasteiger partial charge in [0.2, 0.25) is 0 Å². The fourth-order valence-electron chi connectivity index (χ4n) is 3.96. The van der Waals surface area contributed by atoms with E-state index in [0.29, 0.717) is 0 Å². The Morgan fingerprint density at radius 2 is 1.70 bits per heavy atom. The van der Waals surface area contributed by atoms with Crippen molar-refractivity contribution in [2.45, 2.75) is 25.7 Å². The van der Waals surface area contributed by atoms with Crippen LogP contribution in [0.4, 0.5) is 5.82 Å². The lowest BCUT2D eigenvalue weighted by Gasteiger charge is -2.38. The van der Waals surface area contributed by atoms with Gasteiger partial charge in [-0.2, -0.15) is 5.10 Å². The van der Waals surface area contributed by atoms with E-state index in [1.807, 2.05) is 18.3 Å². The molecule has 2 saturated heterocycles. The van der Waals surface area contributed by atoms with E-state index >= 15 is 0 Å². The zero-order valence-corrected chi connectivity index (χ0v) is 13.4. The maximum atomic E-state index is 4.47. The van der Waals surface area contributed by atoms with E-state index in [9.17, 15) is 0 Å². The summed E-state index contributed by atoms with van der Waals surface area (Å²) in [5.41, 5.74) is 0. The molecule has 0 aromatic carbocycles. The Hall–Kier alpha value is -1.95. The summed E-state index contributed by atoms with van der Waals surface area (Å²) in [4.78, 5) is 11.2. The molecule has 0 aliphatic carbocycles. The molecule has 0 amide bonds. The third-order valence-corrected chi connectivity index (χ3v) is 5.29. The monoisotopic (exact) mass is 312 g/mol. The van der Waals surface area contributed by atoms with Gasteiger partial charge in [-0.3, -0.25) is 0 Å². The van der Waals surface area contributed by atoms with Crippen LogP contribution in [0.3, 0.4) is 0 Å². The largest absolute Gasteiger partial charge is 0.356 e. The van der Waals surface area contributed by atoms with Gasteiger partial charge in [-0.25, -0.2) is 14.6 Å². The van der Waals surface area contributed by atoms with Crippen LogP contribution in [0.25, 0.3) is 5.82 Å². The van der Waals surface area contributed by atoms with Crippen LogP contribution in [0, 0.1) is 11.8 Å². The topological polar surface area (TPSA) is 58.9 Å². The summed E-state index contributed by atoms with van der Waals surface area (Å²) in [5.74, 6) is 3.67. The van der Waals surface area contributed by atoms with Crippen molar-refractivity contribution >= 4 is 5.82 Å². The molecule has 2 aromatic rings. The summed E-state index contributed by atoms with van der Waals surface area (Å²) < 4.78 is 1.78. The van der Waals surface area contributed by atoms with Gasteiger partial charge in [0.1, 0.15) is 12.1 Å². The van der Waals surface area contributed by atoms with Crippen LogP contribution >= 0.6 is 0 Å². The fraction of sp³-hybridized carbons (Fsp3) is 0.588. The van der Waals surface area contributed by atoms with Gasteiger partial charge in [0.25, 0.3) is 0 Å². The van der Waals surface area contributed by atoms with Gasteiger partial charge in [-0.15, -0.1) is 0 Å². The Morgan fingerprint density at radius 3 is 2.43 bits per heavy atom. The molecule has 6 nitrogen and oxygen atoms in total. The van der Waals surface area contributed by atoms with Gasteiger partial charge >= 0.3 is 0 Å². The summed E-state index contributed by atoms with van der Waals surface area (Å²) in [7, 11) is 0. The molecular formula is C17H24N6. The highest BCUT2D eigenvalue weighted by Crippen LogP contribution is 2.32. The van der Waals surface area contributed by atoms with Crippen molar-refractivity contribution in [1.82, 2.24) is 25.1 Å². The molecule has 23 heavy (non-hydrogen) atoms. The van der Waals surface area contributed by atoms with Gasteiger partial charge in [0.05, 0.1) is 0 Å². The van der Waals surface area contributed by atoms with E-state index < -0.39 is 0 Å². The Morgan fingerprint density at radius 1 is 0.957 bits per heavy atom. The number of rotatable bonds is 3. The van der Waals surface area contributed by atoms with Crippen molar-refractivity contribution in [3.05, 3.63) is 30.9 Å². The molecule has 2 aromatic heterocycles. The third kappa shape index (κ3) is 3.22. The standard InChI is InChI=1S/C17H24N6/c1-6-21-23(9-1)17-12-16(19-13-20-17)22-10-4-15(5-11-22)14-2-7-18-8-3-14/h1,6,9,12-15,18H,2-5,7-8,10-11H2. The van der Waals surface area contributed by atoms with Crippen molar-refractivity contribution in [2.75, 3.05) is 31.1 Å². The lowest BCUT2D eigenvalue weighted by atomic mass is 9.79. The van der Waals surface area contributed by atoms with Crippen LogP contribution in [0.1, 0.15) is 25.7 Å². The minimum absolute atomic E-state index is 0.834. The van der Waals surface area contributed by atoms with Crippen LogP contribution < -0.4 is 10.2 Å². The Kier molecular flexibility index (Phi) is 4.24. The van der Waals surface area contributed by atoms with Crippen molar-refractivity contribution in [2.24, 2.45) is 11.8 Å². The summed E-state index contributed by atoms with van der Waals surface area (Å²) >= 11 is 0. The van der Waals surface area contributed by atoms with Crippen LogP contribution in [0.5, 0.6) is 0 Å². The number of nitrogens with zero attached hydrogens (tertiary/aromatic N) is 5. The smallest absolute Gasteiger partial charge is 0.158 e. The van der Waals surface area contributed by atoms with E-state index in [1.54, 1.807) is 17.2 Å². The average molecular weight is 312 g/mol. The molecule has 4 heterocycles. The Labute approximate surface area is 136 Å². The molecule has 2 aliphatic heterocycles. The highest BCUT2D eigenvalue weighted by molar-refractivity contribution is 5.43. The fourth-order valence-corrected chi connectivity index (χ4v) is 3.96. The van der Waals surface area contributed by atoms with E-state index in [2.05, 4.69) is 25.3 Å². The maximum Gasteiger partial charge on any atom is 0.158 e. The van der Waals surface area contributed by atoms with Gasteiger partial charge in [-0.1, -0.05) is 0 Å². The molecule has 1 N–H and O–H groups in total. The van der Waals surface area contributed by atoms with Crippen molar-refractivity contribution in [1.29, 1.82) is 0 Å². The second-order valence-electron chi connectivity index (χ2n) is 6.60. The summed E-state index contributed by atoms with van der Waals surface area (Å²) in [6.45, 7) is 4.60. The molecule has 0 radical (unpaired) electrons. The molecule has 0 spiro atoms. The zero-order valence-electron chi connectivity index (χ0n) is 13.4. The van der Waals surface area contributed by atoms with Crippen LogP contribution in [0.15, 0.2) is 30.9 Å². The van der Waals surface area contributed by atoms with Crippen molar-refractivity contribution in [3.63, 3.8) is 0 Å². The first-order valence-corrected chi connectivity index (χ1v) is 8.68. The second kappa shape index (κ2) is 6.66. The predicted octanol–water partition coefficient (Wildman–Crippen LogP) is 1.88. The van der Waals surface area contributed by atoms with E-state index in [4.69, 9.17) is 0 Å². The first-order valence-electron chi connectivity index (χ1n) is 8.68. The number of hydrogen-bond donors (Lipinski definition) is 1. The van der Waals surface area contributed by atoms with Crippen LogP contribution in [-0.4, -0.2) is 45.9 Å². The molecule has 0 saturated carbocycles. The third-order valence-electron chi connectivity index (χ3n) is 5.29. The Bertz CT molecular complexity index is 612. The molecule has 2 aliphatic rings. The number of anilines is 1. The molecular weight excluding hydrogens is 288 g/mol. The quantitative estimate of drug-likeness (QED) is 0.938. The van der Waals surface area contributed by atoms with E-state index in [1.165, 1.54) is 38.8 Å². The predicted molar refractivity (Wildman–Crippen MR) is 89.7 cm³/mol. The maximum absolute atomic E-state index is 4.47. The normalized spacial score (nSPS) is 20.8. The molecule has 2 fully saturated rings. The molecule has 6 heteroatoms. The minimum Gasteiger partial charge on any atom is -0.356 e. The number of hydrogen-bond acceptors (Lipinski definition) is 5.